The minimum atomic E-state index is -4.52. The van der Waals surface area contributed by atoms with Gasteiger partial charge in [-0.2, -0.15) is 18.2 Å². The fourth-order valence-electron chi connectivity index (χ4n) is 4.89. The second kappa shape index (κ2) is 13.8. The van der Waals surface area contributed by atoms with Gasteiger partial charge in [-0.25, -0.2) is 14.2 Å². The Morgan fingerprint density at radius 3 is 2.59 bits per heavy atom. The van der Waals surface area contributed by atoms with Crippen molar-refractivity contribution in [3.63, 3.8) is 0 Å². The molecule has 0 spiro atoms. The molecule has 0 aliphatic carbocycles. The zero-order valence-electron chi connectivity index (χ0n) is 26.8. The first-order valence-electron chi connectivity index (χ1n) is 14.5. The average Bonchev–Trinajstić information content (AvgIpc) is 3.27. The molecular weight excluding hydrogens is 645 g/mol. The Bertz CT molecular complexity index is 1690. The molecule has 1 aliphatic rings. The van der Waals surface area contributed by atoms with Crippen LogP contribution in [-0.4, -0.2) is 92.1 Å². The number of carbonyl (C=O) groups is 1. The fraction of sp³-hybridized carbons (Fsp3) is 0.516. The molecule has 46 heavy (non-hydrogen) atoms. The minimum absolute atomic E-state index is 0.000412. The largest absolute Gasteiger partial charge is 0.479 e. The van der Waals surface area contributed by atoms with Crippen LogP contribution >= 0.6 is 18.5 Å². The number of amides is 1. The van der Waals surface area contributed by atoms with Gasteiger partial charge in [0.05, 0.1) is 47.6 Å². The number of alkyl halides is 4. The summed E-state index contributed by atoms with van der Waals surface area (Å²) in [5.74, 6) is 5.63. The van der Waals surface area contributed by atoms with Crippen molar-refractivity contribution in [2.45, 2.75) is 57.6 Å². The fourth-order valence-corrected chi connectivity index (χ4v) is 6.73. The third-order valence-electron chi connectivity index (χ3n) is 7.02. The lowest BCUT2D eigenvalue weighted by Crippen LogP contribution is -2.46. The number of carbonyl (C=O) groups excluding carboxylic acids is 1. The first kappa shape index (κ1) is 35.5. The molecule has 1 N–H and O–H groups in total. The maximum Gasteiger partial charge on any atom is 0.415 e. The Morgan fingerprint density at radius 2 is 1.98 bits per heavy atom. The first-order valence-corrected chi connectivity index (χ1v) is 17.9. The normalized spacial score (nSPS) is 17.7. The van der Waals surface area contributed by atoms with Crippen LogP contribution in [0.2, 0.25) is 0 Å². The van der Waals surface area contributed by atoms with Crippen molar-refractivity contribution in [1.29, 1.82) is 0 Å². The predicted octanol–water partition coefficient (Wildman–Crippen LogP) is 6.30. The molecule has 1 amide bonds. The molecule has 1 fully saturated rings. The Labute approximate surface area is 270 Å². The van der Waals surface area contributed by atoms with E-state index in [2.05, 4.69) is 27.1 Å². The van der Waals surface area contributed by atoms with E-state index >= 15 is 0 Å². The van der Waals surface area contributed by atoms with Gasteiger partial charge in [0.15, 0.2) is 5.57 Å². The van der Waals surface area contributed by atoms with Crippen molar-refractivity contribution < 1.29 is 36.4 Å². The topological polar surface area (TPSA) is 96.9 Å². The highest BCUT2D eigenvalue weighted by Crippen LogP contribution is 2.40. The number of nitrogens with one attached hydrogen (secondary N) is 1. The van der Waals surface area contributed by atoms with Gasteiger partial charge in [-0.1, -0.05) is 24.0 Å². The van der Waals surface area contributed by atoms with E-state index in [1.807, 2.05) is 11.9 Å². The number of rotatable bonds is 7. The van der Waals surface area contributed by atoms with Crippen molar-refractivity contribution in [2.24, 2.45) is 0 Å². The molecule has 2 atom stereocenters. The van der Waals surface area contributed by atoms with Crippen LogP contribution in [0.3, 0.4) is 0 Å². The highest BCUT2D eigenvalue weighted by molar-refractivity contribution is 7.69. The van der Waals surface area contributed by atoms with E-state index in [1.54, 1.807) is 39.0 Å². The summed E-state index contributed by atoms with van der Waals surface area (Å²) in [7, 11) is 0.298. The molecule has 1 aliphatic heterocycles. The number of hydrogen-bond acceptors (Lipinski definition) is 9. The SMILES string of the molecule is COc1nc(P(C)(C)=O)ncc1N(CC#Cc1sc2c(N[C@@H]3CCN(C)C[C@@H]3F)cccc2c1CC(F)(F)F)C(=O)OC(C)(C)C. The Morgan fingerprint density at radius 1 is 1.26 bits per heavy atom. The van der Waals surface area contributed by atoms with Gasteiger partial charge in [0.2, 0.25) is 5.88 Å². The molecule has 3 aromatic rings. The average molecular weight is 684 g/mol. The van der Waals surface area contributed by atoms with Gasteiger partial charge in [0, 0.05) is 13.1 Å². The number of halogens is 4. The van der Waals surface area contributed by atoms with E-state index < -0.39 is 43.6 Å². The lowest BCUT2D eigenvalue weighted by atomic mass is 10.0. The molecule has 0 saturated carbocycles. The maximum atomic E-state index is 14.8. The standard InChI is InChI=1S/C31H38F4N5O4PS/c1-30(2,3)44-29(41)40(24-17-36-28(45(6,7)42)38-27(24)43-5)14-9-12-25-20(16-31(33,34)35)19-10-8-11-23(26(19)46-25)37-22-13-15-39(4)18-21(22)32/h8,10-11,17,21-22,37H,13-16,18H2,1-7H3/t21-,22+/m0/s1. The van der Waals surface area contributed by atoms with E-state index in [4.69, 9.17) is 9.47 Å². The molecule has 250 valence electrons. The van der Waals surface area contributed by atoms with Crippen molar-refractivity contribution in [2.75, 3.05) is 57.3 Å². The Hall–Kier alpha value is -3.40. The van der Waals surface area contributed by atoms with Crippen LogP contribution in [0.15, 0.2) is 24.4 Å². The number of methoxy groups -OCH3 is 1. The monoisotopic (exact) mass is 683 g/mol. The van der Waals surface area contributed by atoms with Crippen molar-refractivity contribution in [1.82, 2.24) is 14.9 Å². The lowest BCUT2D eigenvalue weighted by molar-refractivity contribution is -0.126. The second-order valence-electron chi connectivity index (χ2n) is 12.5. The zero-order chi connectivity index (χ0) is 34.0. The van der Waals surface area contributed by atoms with Gasteiger partial charge in [-0.3, -0.25) is 4.90 Å². The van der Waals surface area contributed by atoms with Crippen LogP contribution in [0, 0.1) is 11.8 Å². The molecule has 1 saturated heterocycles. The second-order valence-corrected chi connectivity index (χ2v) is 16.6. The Kier molecular flexibility index (Phi) is 10.6. The van der Waals surface area contributed by atoms with Gasteiger partial charge >= 0.3 is 12.3 Å². The number of fused-ring (bicyclic) bond motifs is 1. The highest BCUT2D eigenvalue weighted by Gasteiger charge is 2.33. The molecule has 0 bridgehead atoms. The number of nitrogens with zero attached hydrogens (tertiary/aromatic N) is 4. The smallest absolute Gasteiger partial charge is 0.415 e. The van der Waals surface area contributed by atoms with Crippen molar-refractivity contribution in [3.8, 4) is 17.7 Å². The maximum absolute atomic E-state index is 14.8. The molecule has 0 radical (unpaired) electrons. The number of thiophene rings is 1. The number of anilines is 2. The van der Waals surface area contributed by atoms with Crippen LogP contribution in [-0.2, 0) is 15.7 Å². The van der Waals surface area contributed by atoms with E-state index in [1.165, 1.54) is 26.6 Å². The molecule has 0 unspecified atom stereocenters. The molecule has 2 aromatic heterocycles. The number of benzene rings is 1. The summed E-state index contributed by atoms with van der Waals surface area (Å²) in [5.41, 5.74) is -0.215. The van der Waals surface area contributed by atoms with Crippen LogP contribution in [0.5, 0.6) is 5.88 Å². The third kappa shape index (κ3) is 8.90. The molecular formula is C31H38F4N5O4PS. The number of likely N-dealkylation sites (tertiary alicyclic amines) is 1. The highest BCUT2D eigenvalue weighted by atomic mass is 32.1. The zero-order valence-corrected chi connectivity index (χ0v) is 28.5. The third-order valence-corrected chi connectivity index (χ3v) is 9.40. The number of hydrogen-bond donors (Lipinski definition) is 1. The van der Waals surface area contributed by atoms with E-state index in [-0.39, 0.29) is 40.7 Å². The minimum Gasteiger partial charge on any atom is -0.479 e. The molecule has 4 rings (SSSR count). The quantitative estimate of drug-likeness (QED) is 0.176. The van der Waals surface area contributed by atoms with Crippen LogP contribution < -0.4 is 20.5 Å². The number of piperidine rings is 1. The summed E-state index contributed by atoms with van der Waals surface area (Å²) in [5, 5.41) is 3.59. The summed E-state index contributed by atoms with van der Waals surface area (Å²) in [4.78, 5) is 24.9. The van der Waals surface area contributed by atoms with Gasteiger partial charge < -0.3 is 24.3 Å². The summed E-state index contributed by atoms with van der Waals surface area (Å²) in [6.07, 6.45) is -5.86. The van der Waals surface area contributed by atoms with E-state index in [0.717, 1.165) is 16.2 Å². The van der Waals surface area contributed by atoms with Crippen molar-refractivity contribution in [3.05, 3.63) is 34.8 Å². The van der Waals surface area contributed by atoms with Crippen LogP contribution in [0.1, 0.15) is 37.6 Å². The lowest BCUT2D eigenvalue weighted by Gasteiger charge is -2.33. The summed E-state index contributed by atoms with van der Waals surface area (Å²) < 4.78 is 80.3. The van der Waals surface area contributed by atoms with Crippen LogP contribution in [0.25, 0.3) is 10.1 Å². The summed E-state index contributed by atoms with van der Waals surface area (Å²) in [6.45, 7) is 8.67. The summed E-state index contributed by atoms with van der Waals surface area (Å²) in [6, 6.07) is 4.48. The van der Waals surface area contributed by atoms with Gasteiger partial charge in [0.1, 0.15) is 24.6 Å². The first-order chi connectivity index (χ1) is 21.4. The van der Waals surface area contributed by atoms with Gasteiger partial charge in [-0.05, 0) is 64.6 Å². The van der Waals surface area contributed by atoms with Gasteiger partial charge in [0.25, 0.3) is 0 Å². The van der Waals surface area contributed by atoms with Crippen LogP contribution in [0.4, 0.5) is 33.7 Å². The molecule has 15 heteroatoms. The molecule has 9 nitrogen and oxygen atoms in total. The Balaban J connectivity index is 1.75. The molecule has 1 aromatic carbocycles. The van der Waals surface area contributed by atoms with Gasteiger partial charge in [-0.15, -0.1) is 11.3 Å². The molecule has 3 heterocycles. The predicted molar refractivity (Wildman–Crippen MR) is 174 cm³/mol. The summed E-state index contributed by atoms with van der Waals surface area (Å²) >= 11 is 1.08. The van der Waals surface area contributed by atoms with Crippen molar-refractivity contribution >= 4 is 51.6 Å². The van der Waals surface area contributed by atoms with E-state index in [0.29, 0.717) is 28.7 Å². The van der Waals surface area contributed by atoms with E-state index in [9.17, 15) is 26.9 Å². The number of ether oxygens (including phenoxy) is 2. The number of aromatic nitrogens is 2.